The van der Waals surface area contributed by atoms with Crippen molar-refractivity contribution in [1.29, 1.82) is 0 Å². The highest BCUT2D eigenvalue weighted by atomic mass is 16.2. The Hall–Kier alpha value is -2.04. The molecule has 0 aliphatic rings. The zero-order valence-corrected chi connectivity index (χ0v) is 11.1. The predicted molar refractivity (Wildman–Crippen MR) is 71.7 cm³/mol. The van der Waals surface area contributed by atoms with E-state index in [9.17, 15) is 9.59 Å². The van der Waals surface area contributed by atoms with E-state index in [0.717, 1.165) is 11.3 Å². The van der Waals surface area contributed by atoms with Gasteiger partial charge >= 0.3 is 0 Å². The van der Waals surface area contributed by atoms with Crippen LogP contribution in [0.25, 0.3) is 0 Å². The molecular weight excluding hydrogens is 230 g/mol. The number of amides is 2. The fourth-order valence-corrected chi connectivity index (χ4v) is 1.62. The van der Waals surface area contributed by atoms with E-state index in [1.807, 2.05) is 19.1 Å². The molecule has 0 saturated heterocycles. The van der Waals surface area contributed by atoms with Gasteiger partial charge in [0.05, 0.1) is 5.56 Å². The summed E-state index contributed by atoms with van der Waals surface area (Å²) in [7, 11) is 3.30. The van der Waals surface area contributed by atoms with Crippen LogP contribution in [0.3, 0.4) is 0 Å². The quantitative estimate of drug-likeness (QED) is 0.742. The molecule has 0 saturated carbocycles. The Labute approximate surface area is 107 Å². The molecule has 0 spiro atoms. The van der Waals surface area contributed by atoms with Crippen molar-refractivity contribution in [1.82, 2.24) is 10.6 Å². The number of carbonyl (C=O) groups is 2. The maximum Gasteiger partial charge on any atom is 0.254 e. The molecule has 0 heterocycles. The molecule has 0 aliphatic carbocycles. The van der Waals surface area contributed by atoms with Crippen LogP contribution in [-0.2, 0) is 4.79 Å². The molecular formula is C13H19N3O2. The van der Waals surface area contributed by atoms with E-state index in [1.165, 1.54) is 7.05 Å². The number of likely N-dealkylation sites (N-methyl/N-ethyl adjacent to an activating group) is 1. The fourth-order valence-electron chi connectivity index (χ4n) is 1.62. The second-order valence-electron chi connectivity index (χ2n) is 4.11. The minimum absolute atomic E-state index is 0.221. The highest BCUT2D eigenvalue weighted by Crippen LogP contribution is 2.16. The summed E-state index contributed by atoms with van der Waals surface area (Å²) in [5, 5.41) is 8.11. The zero-order valence-electron chi connectivity index (χ0n) is 11.1. The van der Waals surface area contributed by atoms with E-state index < -0.39 is 6.04 Å². The summed E-state index contributed by atoms with van der Waals surface area (Å²) in [6, 6.07) is 4.93. The van der Waals surface area contributed by atoms with E-state index >= 15 is 0 Å². The van der Waals surface area contributed by atoms with Crippen molar-refractivity contribution in [3.63, 3.8) is 0 Å². The number of anilines is 1. The van der Waals surface area contributed by atoms with Crippen molar-refractivity contribution in [3.05, 3.63) is 29.3 Å². The molecule has 5 heteroatoms. The normalized spacial score (nSPS) is 11.6. The maximum absolute atomic E-state index is 12.0. The average Bonchev–Trinajstić information content (AvgIpc) is 2.37. The van der Waals surface area contributed by atoms with Gasteiger partial charge in [-0.15, -0.1) is 0 Å². The number of aryl methyl sites for hydroxylation is 1. The molecule has 3 N–H and O–H groups in total. The van der Waals surface area contributed by atoms with Crippen LogP contribution < -0.4 is 16.0 Å². The second kappa shape index (κ2) is 6.05. The number of hydrogen-bond donors (Lipinski definition) is 3. The minimum Gasteiger partial charge on any atom is -0.387 e. The van der Waals surface area contributed by atoms with Gasteiger partial charge in [0.15, 0.2) is 0 Å². The van der Waals surface area contributed by atoms with Crippen molar-refractivity contribution in [2.24, 2.45) is 0 Å². The smallest absolute Gasteiger partial charge is 0.254 e. The van der Waals surface area contributed by atoms with Crippen molar-refractivity contribution < 1.29 is 9.59 Å². The van der Waals surface area contributed by atoms with Gasteiger partial charge in [-0.3, -0.25) is 9.59 Å². The minimum atomic E-state index is -0.562. The van der Waals surface area contributed by atoms with Crippen LogP contribution in [0.1, 0.15) is 22.8 Å². The number of hydrogen-bond acceptors (Lipinski definition) is 3. The highest BCUT2D eigenvalue weighted by Gasteiger charge is 2.17. The molecule has 18 heavy (non-hydrogen) atoms. The molecule has 1 aromatic carbocycles. The van der Waals surface area contributed by atoms with Crippen molar-refractivity contribution in [3.8, 4) is 0 Å². The lowest BCUT2D eigenvalue weighted by atomic mass is 10.1. The Morgan fingerprint density at radius 2 is 1.89 bits per heavy atom. The van der Waals surface area contributed by atoms with Gasteiger partial charge in [-0.1, -0.05) is 6.07 Å². The standard InChI is InChI=1S/C13H19N3O2/c1-8-5-6-10(11(7-8)14-3)13(18)16-9(2)12(17)15-4/h5-7,9,14H,1-4H3,(H,15,17)(H,16,18). The molecule has 5 nitrogen and oxygen atoms in total. The van der Waals surface area contributed by atoms with Gasteiger partial charge in [0.2, 0.25) is 5.91 Å². The monoisotopic (exact) mass is 249 g/mol. The van der Waals surface area contributed by atoms with Crippen molar-refractivity contribution >= 4 is 17.5 Å². The van der Waals surface area contributed by atoms with E-state index in [1.54, 1.807) is 20.0 Å². The van der Waals surface area contributed by atoms with Gasteiger partial charge in [0, 0.05) is 19.8 Å². The molecule has 1 aromatic rings. The second-order valence-corrected chi connectivity index (χ2v) is 4.11. The van der Waals surface area contributed by atoms with Gasteiger partial charge in [0.25, 0.3) is 5.91 Å². The first-order valence-corrected chi connectivity index (χ1v) is 5.80. The topological polar surface area (TPSA) is 70.2 Å². The largest absolute Gasteiger partial charge is 0.387 e. The van der Waals surface area contributed by atoms with E-state index in [0.29, 0.717) is 5.56 Å². The van der Waals surface area contributed by atoms with Crippen molar-refractivity contribution in [2.75, 3.05) is 19.4 Å². The molecule has 2 amide bonds. The molecule has 0 aliphatic heterocycles. The third-order valence-corrected chi connectivity index (χ3v) is 2.68. The van der Waals surface area contributed by atoms with Gasteiger partial charge < -0.3 is 16.0 Å². The van der Waals surface area contributed by atoms with Crippen LogP contribution in [0.4, 0.5) is 5.69 Å². The number of nitrogens with one attached hydrogen (secondary N) is 3. The highest BCUT2D eigenvalue weighted by molar-refractivity contribution is 6.01. The lowest BCUT2D eigenvalue weighted by molar-refractivity contribution is -0.122. The Balaban J connectivity index is 2.87. The summed E-state index contributed by atoms with van der Waals surface area (Å²) in [6.07, 6.45) is 0. The number of rotatable bonds is 4. The van der Waals surface area contributed by atoms with Gasteiger partial charge in [-0.05, 0) is 31.5 Å². The number of carbonyl (C=O) groups excluding carboxylic acids is 2. The number of benzene rings is 1. The summed E-state index contributed by atoms with van der Waals surface area (Å²) in [5.41, 5.74) is 2.34. The summed E-state index contributed by atoms with van der Waals surface area (Å²) in [5.74, 6) is -0.489. The molecule has 0 bridgehead atoms. The Bertz CT molecular complexity index is 458. The molecule has 1 unspecified atom stereocenters. The molecule has 1 atom stereocenters. The molecule has 98 valence electrons. The lowest BCUT2D eigenvalue weighted by Crippen LogP contribution is -2.43. The third kappa shape index (κ3) is 3.23. The van der Waals surface area contributed by atoms with Gasteiger partial charge in [-0.2, -0.15) is 0 Å². The van der Waals surface area contributed by atoms with Crippen molar-refractivity contribution in [2.45, 2.75) is 19.9 Å². The third-order valence-electron chi connectivity index (χ3n) is 2.68. The Morgan fingerprint density at radius 1 is 1.22 bits per heavy atom. The summed E-state index contributed by atoms with van der Waals surface area (Å²) in [6.45, 7) is 3.60. The summed E-state index contributed by atoms with van der Waals surface area (Å²) in [4.78, 5) is 23.4. The first-order chi connectivity index (χ1) is 8.49. The molecule has 0 radical (unpaired) electrons. The summed E-state index contributed by atoms with van der Waals surface area (Å²) < 4.78 is 0. The molecule has 0 fully saturated rings. The Morgan fingerprint density at radius 3 is 2.44 bits per heavy atom. The van der Waals surface area contributed by atoms with Crippen LogP contribution in [-0.4, -0.2) is 32.0 Å². The lowest BCUT2D eigenvalue weighted by Gasteiger charge is -2.14. The Kier molecular flexibility index (Phi) is 4.71. The van der Waals surface area contributed by atoms with Crippen LogP contribution in [0.2, 0.25) is 0 Å². The first kappa shape index (κ1) is 14.0. The summed E-state index contributed by atoms with van der Waals surface area (Å²) >= 11 is 0. The first-order valence-electron chi connectivity index (χ1n) is 5.80. The van der Waals surface area contributed by atoms with Crippen LogP contribution >= 0.6 is 0 Å². The SMILES string of the molecule is CNC(=O)C(C)NC(=O)c1ccc(C)cc1NC. The maximum atomic E-state index is 12.0. The average molecular weight is 249 g/mol. The van der Waals surface area contributed by atoms with E-state index in [4.69, 9.17) is 0 Å². The van der Waals surface area contributed by atoms with E-state index in [-0.39, 0.29) is 11.8 Å². The van der Waals surface area contributed by atoms with Gasteiger partial charge in [-0.25, -0.2) is 0 Å². The fraction of sp³-hybridized carbons (Fsp3) is 0.385. The van der Waals surface area contributed by atoms with Crippen LogP contribution in [0, 0.1) is 6.92 Å². The predicted octanol–water partition coefficient (Wildman–Crippen LogP) is 0.901. The van der Waals surface area contributed by atoms with Crippen LogP contribution in [0.15, 0.2) is 18.2 Å². The van der Waals surface area contributed by atoms with Crippen LogP contribution in [0.5, 0.6) is 0 Å². The molecule has 0 aromatic heterocycles. The zero-order chi connectivity index (χ0) is 13.7. The molecule has 1 rings (SSSR count). The van der Waals surface area contributed by atoms with E-state index in [2.05, 4.69) is 16.0 Å². The van der Waals surface area contributed by atoms with Gasteiger partial charge in [0.1, 0.15) is 6.04 Å².